The summed E-state index contributed by atoms with van der Waals surface area (Å²) in [5, 5.41) is 13.8. The molecule has 0 aliphatic carbocycles. The number of hydrogen-bond acceptors (Lipinski definition) is 5. The van der Waals surface area contributed by atoms with Crippen molar-refractivity contribution in [3.8, 4) is 11.5 Å². The Hall–Kier alpha value is -1.86. The van der Waals surface area contributed by atoms with E-state index in [4.69, 9.17) is 39.5 Å². The lowest BCUT2D eigenvalue weighted by molar-refractivity contribution is -0.115. The van der Waals surface area contributed by atoms with E-state index in [1.165, 1.54) is 0 Å². The van der Waals surface area contributed by atoms with Crippen LogP contribution in [0.15, 0.2) is 40.2 Å². The lowest BCUT2D eigenvalue weighted by Crippen LogP contribution is -2.19. The van der Waals surface area contributed by atoms with Gasteiger partial charge in [0.05, 0.1) is 32.3 Å². The van der Waals surface area contributed by atoms with Gasteiger partial charge in [0.2, 0.25) is 0 Å². The molecular weight excluding hydrogens is 431 g/mol. The lowest BCUT2D eigenvalue weighted by atomic mass is 10.2. The van der Waals surface area contributed by atoms with E-state index in [1.54, 1.807) is 43.3 Å². The van der Waals surface area contributed by atoms with E-state index in [1.807, 2.05) is 0 Å². The molecule has 0 radical (unpaired) electrons. The highest BCUT2D eigenvalue weighted by Gasteiger charge is 2.24. The Balaban J connectivity index is 1.90. The van der Waals surface area contributed by atoms with Gasteiger partial charge in [-0.1, -0.05) is 40.9 Å². The third kappa shape index (κ3) is 4.52. The van der Waals surface area contributed by atoms with Gasteiger partial charge in [-0.05, 0) is 54.6 Å². The number of aliphatic imine (C=N–C) groups is 1. The standard InChI is InChI=1S/C18H13Cl3N2O3S/c1-2-26-13-7-9(6-11(20)16(13)24)8-14-17(25)23-18(27-14)22-12-5-3-4-10(19)15(12)21/h3-8,24H,2H2,1H3,(H,22,23,25)/b14-8+. The van der Waals surface area contributed by atoms with Gasteiger partial charge in [-0.3, -0.25) is 4.79 Å². The second-order valence-electron chi connectivity index (χ2n) is 5.34. The second kappa shape index (κ2) is 8.44. The van der Waals surface area contributed by atoms with Crippen molar-refractivity contribution >= 4 is 69.4 Å². The molecule has 0 aromatic heterocycles. The molecule has 140 valence electrons. The zero-order chi connectivity index (χ0) is 19.6. The van der Waals surface area contributed by atoms with Crippen LogP contribution in [0.4, 0.5) is 5.69 Å². The number of halogens is 3. The highest BCUT2D eigenvalue weighted by molar-refractivity contribution is 8.18. The van der Waals surface area contributed by atoms with Crippen LogP contribution in [-0.4, -0.2) is 22.8 Å². The van der Waals surface area contributed by atoms with Crippen LogP contribution in [0.25, 0.3) is 6.08 Å². The summed E-state index contributed by atoms with van der Waals surface area (Å²) in [4.78, 5) is 17.0. The van der Waals surface area contributed by atoms with E-state index in [0.717, 1.165) is 11.8 Å². The third-order valence-corrected chi connectivity index (χ3v) is 5.46. The molecule has 9 heteroatoms. The van der Waals surface area contributed by atoms with Crippen molar-refractivity contribution in [1.82, 2.24) is 5.32 Å². The van der Waals surface area contributed by atoms with Gasteiger partial charge in [-0.15, -0.1) is 0 Å². The van der Waals surface area contributed by atoms with Crippen molar-refractivity contribution in [3.05, 3.63) is 55.9 Å². The summed E-state index contributed by atoms with van der Waals surface area (Å²) < 4.78 is 5.35. The molecule has 3 rings (SSSR count). The molecule has 2 aromatic rings. The number of aromatic hydroxyl groups is 1. The molecule has 0 saturated carbocycles. The first-order chi connectivity index (χ1) is 12.9. The van der Waals surface area contributed by atoms with Crippen molar-refractivity contribution in [2.24, 2.45) is 4.99 Å². The van der Waals surface area contributed by atoms with Crippen LogP contribution in [0.2, 0.25) is 15.1 Å². The first-order valence-electron chi connectivity index (χ1n) is 7.78. The minimum Gasteiger partial charge on any atom is -0.503 e. The van der Waals surface area contributed by atoms with Crippen molar-refractivity contribution in [1.29, 1.82) is 0 Å². The molecule has 0 atom stereocenters. The van der Waals surface area contributed by atoms with Crippen molar-refractivity contribution in [2.45, 2.75) is 6.92 Å². The van der Waals surface area contributed by atoms with Gasteiger partial charge in [-0.2, -0.15) is 0 Å². The van der Waals surface area contributed by atoms with Crippen LogP contribution >= 0.6 is 46.6 Å². The van der Waals surface area contributed by atoms with E-state index in [9.17, 15) is 9.90 Å². The quantitative estimate of drug-likeness (QED) is 0.600. The fourth-order valence-electron chi connectivity index (χ4n) is 2.26. The summed E-state index contributed by atoms with van der Waals surface area (Å²) >= 11 is 19.3. The predicted octanol–water partition coefficient (Wildman–Crippen LogP) is 5.64. The number of thioether (sulfide) groups is 1. The molecular formula is C18H13Cl3N2O3S. The third-order valence-electron chi connectivity index (χ3n) is 3.45. The highest BCUT2D eigenvalue weighted by atomic mass is 35.5. The predicted molar refractivity (Wildman–Crippen MR) is 112 cm³/mol. The first-order valence-corrected chi connectivity index (χ1v) is 9.73. The van der Waals surface area contributed by atoms with Crippen LogP contribution < -0.4 is 10.1 Å². The van der Waals surface area contributed by atoms with Crippen LogP contribution in [0, 0.1) is 0 Å². The molecule has 0 unspecified atom stereocenters. The van der Waals surface area contributed by atoms with Crippen molar-refractivity contribution < 1.29 is 14.6 Å². The van der Waals surface area contributed by atoms with Crippen LogP contribution in [0.5, 0.6) is 11.5 Å². The summed E-state index contributed by atoms with van der Waals surface area (Å²) in [6.07, 6.45) is 1.63. The van der Waals surface area contributed by atoms with Crippen LogP contribution in [0.1, 0.15) is 12.5 Å². The van der Waals surface area contributed by atoms with Crippen LogP contribution in [-0.2, 0) is 4.79 Å². The maximum Gasteiger partial charge on any atom is 0.264 e. The molecule has 1 saturated heterocycles. The SMILES string of the molecule is CCOc1cc(/C=C2/SC(=Nc3cccc(Cl)c3Cl)NC2=O)cc(Cl)c1O. The number of rotatable bonds is 4. The fraction of sp³-hybridized carbons (Fsp3) is 0.111. The van der Waals surface area contributed by atoms with Gasteiger partial charge in [0.1, 0.15) is 0 Å². The zero-order valence-corrected chi connectivity index (χ0v) is 17.0. The largest absolute Gasteiger partial charge is 0.503 e. The van der Waals surface area contributed by atoms with Crippen molar-refractivity contribution in [2.75, 3.05) is 6.61 Å². The molecule has 1 heterocycles. The smallest absolute Gasteiger partial charge is 0.264 e. The Morgan fingerprint density at radius 3 is 2.78 bits per heavy atom. The minimum atomic E-state index is -0.306. The number of carbonyl (C=O) groups excluding carboxylic acids is 1. The molecule has 0 spiro atoms. The molecule has 1 aliphatic heterocycles. The summed E-state index contributed by atoms with van der Waals surface area (Å²) in [6.45, 7) is 2.17. The molecule has 0 bridgehead atoms. The molecule has 2 N–H and O–H groups in total. The number of hydrogen-bond donors (Lipinski definition) is 2. The Bertz CT molecular complexity index is 977. The maximum absolute atomic E-state index is 12.2. The van der Waals surface area contributed by atoms with E-state index in [-0.39, 0.29) is 22.4 Å². The fourth-order valence-corrected chi connectivity index (χ4v) is 3.65. The van der Waals surface area contributed by atoms with Crippen LogP contribution in [0.3, 0.4) is 0 Å². The van der Waals surface area contributed by atoms with Gasteiger partial charge < -0.3 is 15.2 Å². The number of phenols is 1. The number of benzene rings is 2. The monoisotopic (exact) mass is 442 g/mol. The van der Waals surface area contributed by atoms with E-state index >= 15 is 0 Å². The zero-order valence-electron chi connectivity index (χ0n) is 13.9. The highest BCUT2D eigenvalue weighted by Crippen LogP contribution is 2.38. The van der Waals surface area contributed by atoms with Gasteiger partial charge in [0, 0.05) is 0 Å². The lowest BCUT2D eigenvalue weighted by Gasteiger charge is -2.08. The number of nitrogens with zero attached hydrogens (tertiary/aromatic N) is 1. The van der Waals surface area contributed by atoms with E-state index < -0.39 is 0 Å². The molecule has 5 nitrogen and oxygen atoms in total. The number of amidine groups is 1. The summed E-state index contributed by atoms with van der Waals surface area (Å²) in [5.41, 5.74) is 1.07. The summed E-state index contributed by atoms with van der Waals surface area (Å²) in [6, 6.07) is 8.23. The minimum absolute atomic E-state index is 0.135. The van der Waals surface area contributed by atoms with Gasteiger partial charge in [0.25, 0.3) is 5.91 Å². The summed E-state index contributed by atoms with van der Waals surface area (Å²) in [7, 11) is 0. The maximum atomic E-state index is 12.2. The molecule has 1 aliphatic rings. The van der Waals surface area contributed by atoms with Gasteiger partial charge >= 0.3 is 0 Å². The first kappa shape index (κ1) is 19.9. The average molecular weight is 444 g/mol. The average Bonchev–Trinajstić information content (AvgIpc) is 2.96. The molecule has 2 aromatic carbocycles. The molecule has 27 heavy (non-hydrogen) atoms. The number of nitrogens with one attached hydrogen (secondary N) is 1. The van der Waals surface area contributed by atoms with Gasteiger partial charge in [-0.25, -0.2) is 4.99 Å². The van der Waals surface area contributed by atoms with E-state index in [2.05, 4.69) is 10.3 Å². The Labute approximate surface area is 175 Å². The second-order valence-corrected chi connectivity index (χ2v) is 7.56. The topological polar surface area (TPSA) is 70.9 Å². The van der Waals surface area contributed by atoms with E-state index in [0.29, 0.717) is 38.0 Å². The number of carbonyl (C=O) groups is 1. The number of amides is 1. The normalized spacial score (nSPS) is 16.8. The Kier molecular flexibility index (Phi) is 6.22. The molecule has 1 fully saturated rings. The van der Waals surface area contributed by atoms with Crippen molar-refractivity contribution in [3.63, 3.8) is 0 Å². The molecule has 1 amide bonds. The number of ether oxygens (including phenoxy) is 1. The Morgan fingerprint density at radius 1 is 1.26 bits per heavy atom. The van der Waals surface area contributed by atoms with Gasteiger partial charge in [0.15, 0.2) is 16.7 Å². The number of phenolic OH excluding ortho intramolecular Hbond substituents is 1. The summed E-state index contributed by atoms with van der Waals surface area (Å²) in [5.74, 6) is -0.194. The Morgan fingerprint density at radius 2 is 2.04 bits per heavy atom.